The lowest BCUT2D eigenvalue weighted by Crippen LogP contribution is -1.96. The summed E-state index contributed by atoms with van der Waals surface area (Å²) in [5, 5.41) is 15.2. The number of hydrogen-bond donors (Lipinski definition) is 2. The average molecular weight is 384 g/mol. The second-order valence-electron chi connectivity index (χ2n) is 5.62. The van der Waals surface area contributed by atoms with Gasteiger partial charge in [0.1, 0.15) is 17.9 Å². The van der Waals surface area contributed by atoms with E-state index in [1.54, 1.807) is 24.4 Å². The lowest BCUT2D eigenvalue weighted by molar-refractivity contribution is 0.476. The summed E-state index contributed by atoms with van der Waals surface area (Å²) in [6.45, 7) is 0. The van der Waals surface area contributed by atoms with Crippen molar-refractivity contribution in [2.45, 2.75) is 10.1 Å². The molecule has 0 aliphatic rings. The Morgan fingerprint density at radius 3 is 2.77 bits per heavy atom. The molecule has 26 heavy (non-hydrogen) atoms. The number of anilines is 2. The monoisotopic (exact) mass is 383 g/mol. The lowest BCUT2D eigenvalue weighted by atomic mass is 10.2. The number of nitrogens with one attached hydrogen (secondary N) is 1. The number of phenols is 1. The van der Waals surface area contributed by atoms with Crippen molar-refractivity contribution in [2.24, 2.45) is 7.05 Å². The molecule has 0 aliphatic carbocycles. The normalized spacial score (nSPS) is 11.0. The number of imidazole rings is 1. The smallest absolute Gasteiger partial charge is 0.172 e. The van der Waals surface area contributed by atoms with Gasteiger partial charge in [-0.15, -0.1) is 0 Å². The Labute approximate surface area is 158 Å². The first-order valence-corrected chi connectivity index (χ1v) is 8.95. The van der Waals surface area contributed by atoms with Crippen molar-refractivity contribution in [3.63, 3.8) is 0 Å². The van der Waals surface area contributed by atoms with E-state index in [0.717, 1.165) is 26.6 Å². The Bertz CT molecular complexity index is 1100. The minimum atomic E-state index is 0.162. The third kappa shape index (κ3) is 3.31. The molecule has 0 unspecified atom stereocenters. The highest BCUT2D eigenvalue weighted by Crippen LogP contribution is 2.35. The topological polar surface area (TPSA) is 75.9 Å². The molecule has 2 heterocycles. The van der Waals surface area contributed by atoms with Crippen molar-refractivity contribution in [1.29, 1.82) is 0 Å². The standard InChI is InChI=1S/C18H14ClN5OS/c1-24-7-6-20-18(24)26-16-5-2-11(8-14(16)19)23-17-13-9-12(25)3-4-15(13)21-10-22-17/h2-10,25H,1H3,(H,21,22,23). The third-order valence-electron chi connectivity index (χ3n) is 3.79. The number of nitrogens with zero attached hydrogens (tertiary/aromatic N) is 4. The van der Waals surface area contributed by atoms with Gasteiger partial charge in [-0.2, -0.15) is 0 Å². The van der Waals surface area contributed by atoms with Crippen LogP contribution in [0.2, 0.25) is 5.02 Å². The van der Waals surface area contributed by atoms with Crippen LogP contribution in [0.5, 0.6) is 5.75 Å². The Hall–Kier alpha value is -2.77. The van der Waals surface area contributed by atoms with Crippen LogP contribution in [0, 0.1) is 0 Å². The van der Waals surface area contributed by atoms with Crippen LogP contribution in [0.25, 0.3) is 10.9 Å². The van der Waals surface area contributed by atoms with E-state index in [2.05, 4.69) is 20.3 Å². The van der Waals surface area contributed by atoms with Crippen LogP contribution < -0.4 is 5.32 Å². The fourth-order valence-corrected chi connectivity index (χ4v) is 3.59. The van der Waals surface area contributed by atoms with Crippen molar-refractivity contribution >= 4 is 45.8 Å². The zero-order valence-electron chi connectivity index (χ0n) is 13.7. The first-order chi connectivity index (χ1) is 12.6. The molecule has 0 atom stereocenters. The highest BCUT2D eigenvalue weighted by Gasteiger charge is 2.09. The van der Waals surface area contributed by atoms with Crippen molar-refractivity contribution in [3.05, 3.63) is 60.1 Å². The molecule has 8 heteroatoms. The van der Waals surface area contributed by atoms with Gasteiger partial charge in [0.05, 0.1) is 10.5 Å². The predicted molar refractivity (Wildman–Crippen MR) is 103 cm³/mol. The largest absolute Gasteiger partial charge is 0.508 e. The summed E-state index contributed by atoms with van der Waals surface area (Å²) in [6, 6.07) is 10.7. The second-order valence-corrected chi connectivity index (χ2v) is 7.03. The molecule has 2 N–H and O–H groups in total. The number of aromatic hydroxyl groups is 1. The molecule has 0 radical (unpaired) electrons. The number of phenolic OH excluding ortho intramolecular Hbond substituents is 1. The molecule has 0 spiro atoms. The van der Waals surface area contributed by atoms with Crippen LogP contribution in [-0.4, -0.2) is 24.6 Å². The SMILES string of the molecule is Cn1ccnc1Sc1ccc(Nc2ncnc3ccc(O)cc23)cc1Cl. The first kappa shape index (κ1) is 16.7. The van der Waals surface area contributed by atoms with E-state index in [-0.39, 0.29) is 5.75 Å². The zero-order valence-corrected chi connectivity index (χ0v) is 15.3. The van der Waals surface area contributed by atoms with Gasteiger partial charge in [-0.25, -0.2) is 15.0 Å². The third-order valence-corrected chi connectivity index (χ3v) is 5.37. The van der Waals surface area contributed by atoms with Crippen molar-refractivity contribution < 1.29 is 5.11 Å². The molecule has 130 valence electrons. The van der Waals surface area contributed by atoms with Crippen LogP contribution in [-0.2, 0) is 7.05 Å². The maximum Gasteiger partial charge on any atom is 0.172 e. The maximum atomic E-state index is 9.73. The molecular formula is C18H14ClN5OS. The van der Waals surface area contributed by atoms with Crippen LogP contribution >= 0.6 is 23.4 Å². The lowest BCUT2D eigenvalue weighted by Gasteiger charge is -2.10. The molecule has 0 bridgehead atoms. The summed E-state index contributed by atoms with van der Waals surface area (Å²) < 4.78 is 1.94. The molecule has 0 aliphatic heterocycles. The number of aryl methyl sites for hydroxylation is 1. The number of halogens is 1. The number of aromatic nitrogens is 4. The van der Waals surface area contributed by atoms with E-state index < -0.39 is 0 Å². The molecule has 0 fully saturated rings. The van der Waals surface area contributed by atoms with Crippen LogP contribution in [0.1, 0.15) is 0 Å². The number of benzene rings is 2. The Morgan fingerprint density at radius 1 is 1.12 bits per heavy atom. The van der Waals surface area contributed by atoms with E-state index in [0.29, 0.717) is 10.8 Å². The second kappa shape index (κ2) is 6.86. The van der Waals surface area contributed by atoms with E-state index in [1.165, 1.54) is 18.1 Å². The summed E-state index contributed by atoms with van der Waals surface area (Å²) in [5.74, 6) is 0.765. The quantitative estimate of drug-likeness (QED) is 0.535. The summed E-state index contributed by atoms with van der Waals surface area (Å²) in [6.07, 6.45) is 5.12. The van der Waals surface area contributed by atoms with Gasteiger partial charge in [-0.1, -0.05) is 23.4 Å². The Morgan fingerprint density at radius 2 is 2.00 bits per heavy atom. The Balaban J connectivity index is 1.63. The minimum absolute atomic E-state index is 0.162. The van der Waals surface area contributed by atoms with E-state index in [1.807, 2.05) is 36.0 Å². The van der Waals surface area contributed by atoms with Crippen molar-refractivity contribution in [1.82, 2.24) is 19.5 Å². The van der Waals surface area contributed by atoms with E-state index in [4.69, 9.17) is 11.6 Å². The summed E-state index contributed by atoms with van der Waals surface area (Å²) in [5.41, 5.74) is 1.54. The minimum Gasteiger partial charge on any atom is -0.508 e. The average Bonchev–Trinajstić information content (AvgIpc) is 3.03. The fourth-order valence-electron chi connectivity index (χ4n) is 2.49. The van der Waals surface area contributed by atoms with Gasteiger partial charge in [-0.05, 0) is 36.4 Å². The van der Waals surface area contributed by atoms with Crippen LogP contribution in [0.4, 0.5) is 11.5 Å². The summed E-state index contributed by atoms with van der Waals surface area (Å²) in [4.78, 5) is 13.7. The van der Waals surface area contributed by atoms with Gasteiger partial charge in [0.2, 0.25) is 0 Å². The van der Waals surface area contributed by atoms with Gasteiger partial charge in [0.15, 0.2) is 5.16 Å². The molecule has 0 saturated carbocycles. The van der Waals surface area contributed by atoms with Crippen LogP contribution in [0.15, 0.2) is 65.2 Å². The highest BCUT2D eigenvalue weighted by atomic mass is 35.5. The molecule has 4 rings (SSSR count). The number of fused-ring (bicyclic) bond motifs is 1. The predicted octanol–water partition coefficient (Wildman–Crippen LogP) is 4.62. The van der Waals surface area contributed by atoms with Crippen molar-refractivity contribution in [3.8, 4) is 5.75 Å². The summed E-state index contributed by atoms with van der Waals surface area (Å²) >= 11 is 7.94. The highest BCUT2D eigenvalue weighted by molar-refractivity contribution is 7.99. The molecule has 2 aromatic carbocycles. The maximum absolute atomic E-state index is 9.73. The van der Waals surface area contributed by atoms with Crippen LogP contribution in [0.3, 0.4) is 0 Å². The van der Waals surface area contributed by atoms with E-state index in [9.17, 15) is 5.11 Å². The van der Waals surface area contributed by atoms with Crippen molar-refractivity contribution in [2.75, 3.05) is 5.32 Å². The summed E-state index contributed by atoms with van der Waals surface area (Å²) in [7, 11) is 1.94. The Kier molecular flexibility index (Phi) is 4.40. The van der Waals surface area contributed by atoms with Gasteiger partial charge < -0.3 is 15.0 Å². The van der Waals surface area contributed by atoms with Gasteiger partial charge >= 0.3 is 0 Å². The first-order valence-electron chi connectivity index (χ1n) is 7.75. The zero-order chi connectivity index (χ0) is 18.1. The fraction of sp³-hybridized carbons (Fsp3) is 0.0556. The number of hydrogen-bond acceptors (Lipinski definition) is 6. The molecular weight excluding hydrogens is 370 g/mol. The molecule has 4 aromatic rings. The van der Waals surface area contributed by atoms with Gasteiger partial charge in [-0.3, -0.25) is 0 Å². The number of rotatable bonds is 4. The molecule has 0 amide bonds. The molecule has 6 nitrogen and oxygen atoms in total. The van der Waals surface area contributed by atoms with E-state index >= 15 is 0 Å². The van der Waals surface area contributed by atoms with Gasteiger partial charge in [0.25, 0.3) is 0 Å². The molecule has 2 aromatic heterocycles. The molecule has 0 saturated heterocycles. The van der Waals surface area contributed by atoms with Gasteiger partial charge in [0, 0.05) is 35.4 Å².